The summed E-state index contributed by atoms with van der Waals surface area (Å²) in [5.41, 5.74) is 2.75. The summed E-state index contributed by atoms with van der Waals surface area (Å²) in [5, 5.41) is 3.65. The zero-order valence-electron chi connectivity index (χ0n) is 11.4. The van der Waals surface area contributed by atoms with Gasteiger partial charge in [-0.25, -0.2) is 0 Å². The number of hydrogen-bond donors (Lipinski definition) is 2. The van der Waals surface area contributed by atoms with Crippen LogP contribution in [-0.2, 0) is 6.54 Å². The van der Waals surface area contributed by atoms with Gasteiger partial charge in [-0.2, -0.15) is 0 Å². The van der Waals surface area contributed by atoms with E-state index in [1.807, 2.05) is 12.3 Å². The van der Waals surface area contributed by atoms with Gasteiger partial charge in [0.2, 0.25) is 0 Å². The Hall–Kier alpha value is -1.54. The highest BCUT2D eigenvalue weighted by Crippen LogP contribution is 2.32. The zero-order valence-corrected chi connectivity index (χ0v) is 11.4. The van der Waals surface area contributed by atoms with Crippen LogP contribution in [-0.4, -0.2) is 4.98 Å². The third-order valence-electron chi connectivity index (χ3n) is 3.16. The van der Waals surface area contributed by atoms with E-state index in [-0.39, 0.29) is 5.41 Å². The van der Waals surface area contributed by atoms with Crippen LogP contribution < -0.4 is 5.32 Å². The Bertz CT molecular complexity index is 452. The summed E-state index contributed by atoms with van der Waals surface area (Å²) < 4.78 is 0. The predicted molar refractivity (Wildman–Crippen MR) is 76.3 cm³/mol. The van der Waals surface area contributed by atoms with Crippen molar-refractivity contribution in [3.8, 4) is 0 Å². The lowest BCUT2D eigenvalue weighted by Crippen LogP contribution is -2.32. The first-order chi connectivity index (χ1) is 8.57. The Morgan fingerprint density at radius 2 is 1.78 bits per heavy atom. The summed E-state index contributed by atoms with van der Waals surface area (Å²) in [6.07, 6.45) is 1.96. The third kappa shape index (κ3) is 3.23. The second-order valence-corrected chi connectivity index (χ2v) is 5.79. The van der Waals surface area contributed by atoms with Crippen molar-refractivity contribution in [1.29, 1.82) is 0 Å². The van der Waals surface area contributed by atoms with E-state index in [1.54, 1.807) is 0 Å². The largest absolute Gasteiger partial charge is 0.364 e. The van der Waals surface area contributed by atoms with E-state index in [9.17, 15) is 0 Å². The minimum Gasteiger partial charge on any atom is -0.364 e. The molecule has 1 heterocycles. The van der Waals surface area contributed by atoms with Gasteiger partial charge in [0, 0.05) is 24.5 Å². The molecule has 1 aromatic heterocycles. The highest BCUT2D eigenvalue weighted by molar-refractivity contribution is 5.21. The van der Waals surface area contributed by atoms with Gasteiger partial charge in [0.25, 0.3) is 0 Å². The lowest BCUT2D eigenvalue weighted by atomic mass is 9.82. The molecular formula is C16H22N2. The van der Waals surface area contributed by atoms with Crippen molar-refractivity contribution in [2.24, 2.45) is 5.41 Å². The quantitative estimate of drug-likeness (QED) is 0.836. The van der Waals surface area contributed by atoms with Crippen LogP contribution in [0.15, 0.2) is 48.7 Å². The van der Waals surface area contributed by atoms with Gasteiger partial charge in [-0.3, -0.25) is 0 Å². The molecular weight excluding hydrogens is 220 g/mol. The molecule has 1 atom stereocenters. The maximum Gasteiger partial charge on any atom is 0.0372 e. The highest BCUT2D eigenvalue weighted by Gasteiger charge is 2.25. The molecule has 2 heteroatoms. The van der Waals surface area contributed by atoms with Crippen molar-refractivity contribution in [2.75, 3.05) is 0 Å². The number of benzene rings is 1. The van der Waals surface area contributed by atoms with Crippen molar-refractivity contribution in [2.45, 2.75) is 33.4 Å². The van der Waals surface area contributed by atoms with E-state index in [2.05, 4.69) is 67.5 Å². The molecule has 0 bridgehead atoms. The number of aromatic amines is 1. The van der Waals surface area contributed by atoms with Crippen LogP contribution in [0.2, 0.25) is 0 Å². The number of H-pyrrole nitrogens is 1. The number of rotatable bonds is 4. The van der Waals surface area contributed by atoms with E-state index in [1.165, 1.54) is 11.3 Å². The van der Waals surface area contributed by atoms with Crippen molar-refractivity contribution in [3.63, 3.8) is 0 Å². The Morgan fingerprint density at radius 3 is 2.33 bits per heavy atom. The van der Waals surface area contributed by atoms with E-state index < -0.39 is 0 Å². The van der Waals surface area contributed by atoms with Gasteiger partial charge in [-0.1, -0.05) is 51.1 Å². The predicted octanol–water partition coefficient (Wildman–Crippen LogP) is 3.89. The Morgan fingerprint density at radius 1 is 1.06 bits per heavy atom. The SMILES string of the molecule is CC(C)(C)C(NCc1ccc[nH]1)c1ccccc1. The van der Waals surface area contributed by atoms with E-state index in [0.29, 0.717) is 6.04 Å². The fourth-order valence-corrected chi connectivity index (χ4v) is 2.26. The molecule has 0 amide bonds. The van der Waals surface area contributed by atoms with E-state index in [4.69, 9.17) is 0 Å². The second kappa shape index (κ2) is 5.40. The monoisotopic (exact) mass is 242 g/mol. The van der Waals surface area contributed by atoms with Gasteiger partial charge in [0.1, 0.15) is 0 Å². The molecule has 0 aliphatic rings. The number of nitrogens with one attached hydrogen (secondary N) is 2. The average Bonchev–Trinajstić information content (AvgIpc) is 2.82. The molecule has 1 aromatic carbocycles. The molecule has 1 unspecified atom stereocenters. The zero-order chi connectivity index (χ0) is 13.0. The molecule has 0 spiro atoms. The van der Waals surface area contributed by atoms with Gasteiger partial charge in [0.15, 0.2) is 0 Å². The van der Waals surface area contributed by atoms with Crippen LogP contribution >= 0.6 is 0 Å². The van der Waals surface area contributed by atoms with Crippen LogP contribution in [0.1, 0.15) is 38.1 Å². The molecule has 0 fully saturated rings. The van der Waals surface area contributed by atoms with Gasteiger partial charge in [0.05, 0.1) is 0 Å². The van der Waals surface area contributed by atoms with Gasteiger partial charge < -0.3 is 10.3 Å². The van der Waals surface area contributed by atoms with Crippen molar-refractivity contribution in [1.82, 2.24) is 10.3 Å². The van der Waals surface area contributed by atoms with Crippen molar-refractivity contribution < 1.29 is 0 Å². The summed E-state index contributed by atoms with van der Waals surface area (Å²) in [6.45, 7) is 7.68. The lowest BCUT2D eigenvalue weighted by Gasteiger charge is -2.32. The van der Waals surface area contributed by atoms with Gasteiger partial charge in [-0.15, -0.1) is 0 Å². The van der Waals surface area contributed by atoms with Crippen molar-refractivity contribution in [3.05, 3.63) is 59.9 Å². The third-order valence-corrected chi connectivity index (χ3v) is 3.16. The molecule has 2 nitrogen and oxygen atoms in total. The standard InChI is InChI=1S/C16H22N2/c1-16(2,3)15(13-8-5-4-6-9-13)18-12-14-10-7-11-17-14/h4-11,15,17-18H,12H2,1-3H3. The fourth-order valence-electron chi connectivity index (χ4n) is 2.26. The first-order valence-corrected chi connectivity index (χ1v) is 6.48. The van der Waals surface area contributed by atoms with Crippen LogP contribution in [0.3, 0.4) is 0 Å². The highest BCUT2D eigenvalue weighted by atomic mass is 14.9. The summed E-state index contributed by atoms with van der Waals surface area (Å²) in [7, 11) is 0. The molecule has 2 N–H and O–H groups in total. The summed E-state index contributed by atoms with van der Waals surface area (Å²) in [6, 6.07) is 15.1. The molecule has 2 rings (SSSR count). The van der Waals surface area contributed by atoms with Crippen LogP contribution in [0.25, 0.3) is 0 Å². The second-order valence-electron chi connectivity index (χ2n) is 5.79. The Labute approximate surface area is 109 Å². The first-order valence-electron chi connectivity index (χ1n) is 6.48. The molecule has 96 valence electrons. The molecule has 0 radical (unpaired) electrons. The molecule has 0 saturated carbocycles. The Kier molecular flexibility index (Phi) is 3.87. The van der Waals surface area contributed by atoms with Gasteiger partial charge >= 0.3 is 0 Å². The van der Waals surface area contributed by atoms with Gasteiger partial charge in [-0.05, 0) is 23.1 Å². The number of hydrogen-bond acceptors (Lipinski definition) is 1. The molecule has 0 saturated heterocycles. The van der Waals surface area contributed by atoms with Crippen LogP contribution in [0.4, 0.5) is 0 Å². The van der Waals surface area contributed by atoms with E-state index in [0.717, 1.165) is 6.54 Å². The fraction of sp³-hybridized carbons (Fsp3) is 0.375. The minimum absolute atomic E-state index is 0.188. The molecule has 18 heavy (non-hydrogen) atoms. The summed E-state index contributed by atoms with van der Waals surface area (Å²) >= 11 is 0. The normalized spacial score (nSPS) is 13.5. The van der Waals surface area contributed by atoms with Crippen LogP contribution in [0.5, 0.6) is 0 Å². The summed E-state index contributed by atoms with van der Waals surface area (Å²) in [5.74, 6) is 0. The maximum atomic E-state index is 3.65. The average molecular weight is 242 g/mol. The smallest absolute Gasteiger partial charge is 0.0372 e. The first kappa shape index (κ1) is 12.9. The maximum absolute atomic E-state index is 3.65. The molecule has 2 aromatic rings. The van der Waals surface area contributed by atoms with E-state index >= 15 is 0 Å². The topological polar surface area (TPSA) is 27.8 Å². The van der Waals surface area contributed by atoms with Crippen molar-refractivity contribution >= 4 is 0 Å². The minimum atomic E-state index is 0.188. The van der Waals surface area contributed by atoms with Crippen LogP contribution in [0, 0.1) is 5.41 Å². The Balaban J connectivity index is 2.12. The molecule has 0 aliphatic carbocycles. The summed E-state index contributed by atoms with van der Waals surface area (Å²) in [4.78, 5) is 3.23. The lowest BCUT2D eigenvalue weighted by molar-refractivity contribution is 0.270. The number of aromatic nitrogens is 1. The molecule has 0 aliphatic heterocycles.